The van der Waals surface area contributed by atoms with Crippen LogP contribution in [-0.4, -0.2) is 22.7 Å². The molecule has 1 aliphatic carbocycles. The summed E-state index contributed by atoms with van der Waals surface area (Å²) in [6.07, 6.45) is 4.47. The zero-order valence-electron chi connectivity index (χ0n) is 14.1. The SMILES string of the molecule is CC(C)(C)OC(=O)c1c(NC2=CC=C(I)CC2F)sc2ncccc12. The number of ether oxygens (including phenoxy) is 1. The lowest BCUT2D eigenvalue weighted by atomic mass is 10.1. The maximum Gasteiger partial charge on any atom is 0.342 e. The van der Waals surface area contributed by atoms with Crippen molar-refractivity contribution in [3.05, 3.63) is 45.3 Å². The summed E-state index contributed by atoms with van der Waals surface area (Å²) in [6.45, 7) is 5.45. The van der Waals surface area contributed by atoms with E-state index in [1.54, 1.807) is 18.3 Å². The Morgan fingerprint density at radius 1 is 1.44 bits per heavy atom. The minimum absolute atomic E-state index is 0.338. The normalized spacial score (nSPS) is 17.9. The van der Waals surface area contributed by atoms with Crippen LogP contribution in [0.2, 0.25) is 0 Å². The number of esters is 1. The van der Waals surface area contributed by atoms with Gasteiger partial charge in [0.2, 0.25) is 0 Å². The number of hydrogen-bond acceptors (Lipinski definition) is 5. The molecule has 1 N–H and O–H groups in total. The van der Waals surface area contributed by atoms with Crippen molar-refractivity contribution < 1.29 is 13.9 Å². The number of rotatable bonds is 3. The summed E-state index contributed by atoms with van der Waals surface area (Å²) < 4.78 is 20.8. The van der Waals surface area contributed by atoms with Crippen LogP contribution in [0.5, 0.6) is 0 Å². The lowest BCUT2D eigenvalue weighted by Crippen LogP contribution is -2.24. The van der Waals surface area contributed by atoms with E-state index in [4.69, 9.17) is 4.74 Å². The van der Waals surface area contributed by atoms with Crippen LogP contribution in [0.3, 0.4) is 0 Å². The molecule has 0 bridgehead atoms. The first-order valence-corrected chi connectivity index (χ1v) is 9.72. The number of thiophene rings is 1. The number of anilines is 1. The second-order valence-electron chi connectivity index (χ2n) is 6.70. The van der Waals surface area contributed by atoms with Crippen LogP contribution in [0.15, 0.2) is 39.8 Å². The quantitative estimate of drug-likeness (QED) is 0.466. The number of fused-ring (bicyclic) bond motifs is 1. The Balaban J connectivity index is 2.03. The number of nitrogens with zero attached hydrogens (tertiary/aromatic N) is 1. The molecule has 0 aliphatic heterocycles. The molecule has 132 valence electrons. The largest absolute Gasteiger partial charge is 0.456 e. The number of aromatic nitrogens is 1. The molecular formula is C18H18FIN2O2S. The maximum absolute atomic E-state index is 14.3. The Kier molecular flexibility index (Phi) is 5.15. The highest BCUT2D eigenvalue weighted by molar-refractivity contribution is 14.1. The topological polar surface area (TPSA) is 51.2 Å². The highest BCUT2D eigenvalue weighted by Crippen LogP contribution is 2.38. The van der Waals surface area contributed by atoms with Crippen molar-refractivity contribution in [3.63, 3.8) is 0 Å². The number of halogens is 2. The summed E-state index contributed by atoms with van der Waals surface area (Å²) >= 11 is 3.45. The van der Waals surface area contributed by atoms with Crippen LogP contribution in [0.25, 0.3) is 10.2 Å². The fourth-order valence-electron chi connectivity index (χ4n) is 2.44. The minimum Gasteiger partial charge on any atom is -0.456 e. The third-order valence-corrected chi connectivity index (χ3v) is 5.31. The van der Waals surface area contributed by atoms with Gasteiger partial charge in [0.15, 0.2) is 0 Å². The van der Waals surface area contributed by atoms with Gasteiger partial charge in [0.1, 0.15) is 27.2 Å². The molecule has 2 aromatic heterocycles. The van der Waals surface area contributed by atoms with Crippen LogP contribution in [-0.2, 0) is 4.74 Å². The molecule has 0 saturated heterocycles. The average molecular weight is 472 g/mol. The number of pyridine rings is 1. The second-order valence-corrected chi connectivity index (χ2v) is 9.08. The zero-order valence-corrected chi connectivity index (χ0v) is 17.1. The maximum atomic E-state index is 14.3. The molecule has 0 saturated carbocycles. The van der Waals surface area contributed by atoms with Gasteiger partial charge in [-0.05, 0) is 65.2 Å². The van der Waals surface area contributed by atoms with E-state index in [0.29, 0.717) is 32.9 Å². The molecule has 0 spiro atoms. The molecule has 0 fully saturated rings. The first kappa shape index (κ1) is 18.3. The fraction of sp³-hybridized carbons (Fsp3) is 0.333. The molecule has 2 aromatic rings. The molecule has 2 heterocycles. The number of alkyl halides is 1. The molecular weight excluding hydrogens is 454 g/mol. The molecule has 0 aromatic carbocycles. The van der Waals surface area contributed by atoms with Gasteiger partial charge in [0, 0.05) is 18.0 Å². The number of hydrogen-bond donors (Lipinski definition) is 1. The van der Waals surface area contributed by atoms with E-state index in [1.165, 1.54) is 11.3 Å². The standard InChI is InChI=1S/C18H18FIN2O2S/c1-18(2,3)24-17(23)14-11-5-4-8-21-15(11)25-16(14)22-13-7-6-10(20)9-12(13)19/h4-8,12,22H,9H2,1-3H3. The fourth-order valence-corrected chi connectivity index (χ4v) is 4.05. The zero-order chi connectivity index (χ0) is 18.2. The monoisotopic (exact) mass is 472 g/mol. The number of nitrogens with one attached hydrogen (secondary N) is 1. The molecule has 1 unspecified atom stereocenters. The average Bonchev–Trinajstić information content (AvgIpc) is 2.86. The Hall–Kier alpha value is -1.48. The van der Waals surface area contributed by atoms with Gasteiger partial charge in [0.25, 0.3) is 0 Å². The summed E-state index contributed by atoms with van der Waals surface area (Å²) in [7, 11) is 0. The van der Waals surface area contributed by atoms with Gasteiger partial charge >= 0.3 is 5.97 Å². The lowest BCUT2D eigenvalue weighted by Gasteiger charge is -2.21. The van der Waals surface area contributed by atoms with Crippen molar-refractivity contribution in [1.29, 1.82) is 0 Å². The summed E-state index contributed by atoms with van der Waals surface area (Å²) in [5.41, 5.74) is 0.230. The van der Waals surface area contributed by atoms with Crippen molar-refractivity contribution >= 4 is 55.1 Å². The van der Waals surface area contributed by atoms with Gasteiger partial charge in [-0.25, -0.2) is 14.2 Å². The molecule has 7 heteroatoms. The van der Waals surface area contributed by atoms with E-state index in [9.17, 15) is 9.18 Å². The summed E-state index contributed by atoms with van der Waals surface area (Å²) in [5, 5.41) is 4.36. The first-order valence-electron chi connectivity index (χ1n) is 7.83. The second kappa shape index (κ2) is 7.03. The van der Waals surface area contributed by atoms with E-state index in [-0.39, 0.29) is 0 Å². The third kappa shape index (κ3) is 4.20. The van der Waals surface area contributed by atoms with Crippen molar-refractivity contribution in [2.24, 2.45) is 0 Å². The van der Waals surface area contributed by atoms with Gasteiger partial charge < -0.3 is 10.1 Å². The Morgan fingerprint density at radius 2 is 2.20 bits per heavy atom. The highest BCUT2D eigenvalue weighted by Gasteiger charge is 2.27. The molecule has 25 heavy (non-hydrogen) atoms. The predicted octanol–water partition coefficient (Wildman–Crippen LogP) is 5.61. The Bertz CT molecular complexity index is 883. The van der Waals surface area contributed by atoms with Gasteiger partial charge in [-0.15, -0.1) is 0 Å². The van der Waals surface area contributed by atoms with Gasteiger partial charge in [-0.1, -0.05) is 17.4 Å². The molecule has 1 aliphatic rings. The Labute approximate surface area is 163 Å². The van der Waals surface area contributed by atoms with E-state index in [1.807, 2.05) is 32.9 Å². The van der Waals surface area contributed by atoms with Crippen LogP contribution in [0, 0.1) is 0 Å². The van der Waals surface area contributed by atoms with Crippen molar-refractivity contribution in [2.45, 2.75) is 39.0 Å². The summed E-state index contributed by atoms with van der Waals surface area (Å²) in [6, 6.07) is 3.60. The number of allylic oxidation sites excluding steroid dienone is 4. The number of carbonyl (C=O) groups excluding carboxylic acids is 1. The van der Waals surface area contributed by atoms with Crippen LogP contribution in [0.1, 0.15) is 37.6 Å². The Morgan fingerprint density at radius 3 is 2.88 bits per heavy atom. The van der Waals surface area contributed by atoms with Gasteiger partial charge in [-0.3, -0.25) is 0 Å². The van der Waals surface area contributed by atoms with E-state index in [2.05, 4.69) is 32.9 Å². The third-order valence-electron chi connectivity index (χ3n) is 3.48. The minimum atomic E-state index is -1.12. The summed E-state index contributed by atoms with van der Waals surface area (Å²) in [5.74, 6) is -0.439. The highest BCUT2D eigenvalue weighted by atomic mass is 127. The van der Waals surface area contributed by atoms with E-state index in [0.717, 1.165) is 3.58 Å². The molecule has 1 atom stereocenters. The van der Waals surface area contributed by atoms with Crippen LogP contribution >= 0.6 is 33.9 Å². The molecule has 0 radical (unpaired) electrons. The first-order chi connectivity index (χ1) is 11.7. The van der Waals surface area contributed by atoms with Crippen molar-refractivity contribution in [3.8, 4) is 0 Å². The van der Waals surface area contributed by atoms with Crippen LogP contribution < -0.4 is 5.32 Å². The van der Waals surface area contributed by atoms with Crippen molar-refractivity contribution in [1.82, 2.24) is 4.98 Å². The lowest BCUT2D eigenvalue weighted by molar-refractivity contribution is 0.00734. The van der Waals surface area contributed by atoms with Crippen LogP contribution in [0.4, 0.5) is 9.39 Å². The smallest absolute Gasteiger partial charge is 0.342 e. The van der Waals surface area contributed by atoms with Gasteiger partial charge in [0.05, 0.1) is 5.70 Å². The number of carbonyl (C=O) groups is 1. The van der Waals surface area contributed by atoms with E-state index >= 15 is 0 Å². The predicted molar refractivity (Wildman–Crippen MR) is 108 cm³/mol. The molecule has 4 nitrogen and oxygen atoms in total. The summed E-state index contributed by atoms with van der Waals surface area (Å²) in [4.78, 5) is 17.7. The molecule has 3 rings (SSSR count). The van der Waals surface area contributed by atoms with Gasteiger partial charge in [-0.2, -0.15) is 0 Å². The van der Waals surface area contributed by atoms with E-state index < -0.39 is 17.7 Å². The van der Waals surface area contributed by atoms with Crippen molar-refractivity contribution in [2.75, 3.05) is 5.32 Å². The molecule has 0 amide bonds.